The molecule has 0 unspecified atom stereocenters. The zero-order valence-electron chi connectivity index (χ0n) is 11.8. The molecule has 2 rings (SSSR count). The Bertz CT molecular complexity index is 501. The van der Waals surface area contributed by atoms with Gasteiger partial charge in [-0.05, 0) is 25.1 Å². The summed E-state index contributed by atoms with van der Waals surface area (Å²) >= 11 is 0. The van der Waals surface area contributed by atoms with Crippen molar-refractivity contribution in [1.29, 1.82) is 0 Å². The number of rotatable bonds is 6. The first-order valence-electron chi connectivity index (χ1n) is 7.08. The molecule has 0 atom stereocenters. The number of piperazine rings is 1. The van der Waals surface area contributed by atoms with E-state index >= 15 is 0 Å². The smallest absolute Gasteiger partial charge is 0.354 e. The first-order chi connectivity index (χ1) is 10.2. The third kappa shape index (κ3) is 4.80. The molecule has 0 bridgehead atoms. The van der Waals surface area contributed by atoms with Crippen LogP contribution in [0.15, 0.2) is 18.2 Å². The summed E-state index contributed by atoms with van der Waals surface area (Å²) in [4.78, 5) is 28.9. The van der Waals surface area contributed by atoms with E-state index in [0.29, 0.717) is 6.54 Å². The highest BCUT2D eigenvalue weighted by Gasteiger charge is 2.12. The monoisotopic (exact) mass is 292 g/mol. The van der Waals surface area contributed by atoms with Gasteiger partial charge in [0, 0.05) is 32.7 Å². The van der Waals surface area contributed by atoms with Gasteiger partial charge in [0.2, 0.25) is 0 Å². The molecule has 0 aromatic carbocycles. The van der Waals surface area contributed by atoms with Crippen molar-refractivity contribution in [2.24, 2.45) is 0 Å². The Labute approximate surface area is 123 Å². The normalized spacial score (nSPS) is 15.6. The number of nitrogens with one attached hydrogen (secondary N) is 2. The number of carbonyl (C=O) groups is 2. The number of hydrogen-bond donors (Lipinski definition) is 3. The van der Waals surface area contributed by atoms with Crippen LogP contribution in [-0.4, -0.2) is 66.1 Å². The molecule has 0 radical (unpaired) electrons. The molecule has 1 aliphatic rings. The van der Waals surface area contributed by atoms with Gasteiger partial charge in [-0.3, -0.25) is 4.79 Å². The lowest BCUT2D eigenvalue weighted by atomic mass is 10.2. The topological polar surface area (TPSA) is 94.6 Å². The standard InChI is InChI=1S/C14H20N4O3/c19-13(11-3-1-4-12(17-11)14(20)21)16-5-2-8-18-9-6-15-7-10-18/h1,3-4,15H,2,5-10H2,(H,16,19)(H,20,21). The third-order valence-electron chi connectivity index (χ3n) is 3.35. The van der Waals surface area contributed by atoms with Crippen LogP contribution in [0.25, 0.3) is 0 Å². The number of pyridine rings is 1. The molecule has 1 aromatic rings. The van der Waals surface area contributed by atoms with Crippen LogP contribution in [0, 0.1) is 0 Å². The summed E-state index contributed by atoms with van der Waals surface area (Å²) in [5, 5.41) is 14.9. The number of amides is 1. The van der Waals surface area contributed by atoms with Crippen LogP contribution in [0.4, 0.5) is 0 Å². The lowest BCUT2D eigenvalue weighted by Gasteiger charge is -2.27. The van der Waals surface area contributed by atoms with Crippen molar-refractivity contribution in [2.75, 3.05) is 39.3 Å². The Morgan fingerprint density at radius 1 is 1.29 bits per heavy atom. The molecule has 7 nitrogen and oxygen atoms in total. The first-order valence-corrected chi connectivity index (χ1v) is 7.08. The van der Waals surface area contributed by atoms with Gasteiger partial charge in [-0.25, -0.2) is 9.78 Å². The summed E-state index contributed by atoms with van der Waals surface area (Å²) in [5.74, 6) is -1.47. The van der Waals surface area contributed by atoms with Gasteiger partial charge in [-0.1, -0.05) is 6.07 Å². The van der Waals surface area contributed by atoms with Crippen molar-refractivity contribution in [3.05, 3.63) is 29.6 Å². The summed E-state index contributed by atoms with van der Waals surface area (Å²) in [5.41, 5.74) is 0.0144. The lowest BCUT2D eigenvalue weighted by molar-refractivity contribution is 0.0690. The molecule has 1 aromatic heterocycles. The van der Waals surface area contributed by atoms with Crippen LogP contribution in [-0.2, 0) is 0 Å². The van der Waals surface area contributed by atoms with Crippen molar-refractivity contribution < 1.29 is 14.7 Å². The van der Waals surface area contributed by atoms with Gasteiger partial charge >= 0.3 is 5.97 Å². The SMILES string of the molecule is O=C(O)c1cccc(C(=O)NCCCN2CCNCC2)n1. The van der Waals surface area contributed by atoms with Gasteiger partial charge in [-0.2, -0.15) is 0 Å². The van der Waals surface area contributed by atoms with Crippen LogP contribution in [0.5, 0.6) is 0 Å². The highest BCUT2D eigenvalue weighted by atomic mass is 16.4. The van der Waals surface area contributed by atoms with Crippen molar-refractivity contribution in [2.45, 2.75) is 6.42 Å². The largest absolute Gasteiger partial charge is 0.477 e. The molecular weight excluding hydrogens is 272 g/mol. The molecule has 1 saturated heterocycles. The maximum Gasteiger partial charge on any atom is 0.354 e. The van der Waals surface area contributed by atoms with Gasteiger partial charge in [0.15, 0.2) is 0 Å². The van der Waals surface area contributed by atoms with Crippen LogP contribution < -0.4 is 10.6 Å². The van der Waals surface area contributed by atoms with E-state index in [2.05, 4.69) is 20.5 Å². The van der Waals surface area contributed by atoms with Crippen LogP contribution >= 0.6 is 0 Å². The van der Waals surface area contributed by atoms with Crippen LogP contribution in [0.1, 0.15) is 27.4 Å². The second-order valence-electron chi connectivity index (χ2n) is 4.91. The molecule has 1 fully saturated rings. The molecule has 7 heteroatoms. The lowest BCUT2D eigenvalue weighted by Crippen LogP contribution is -2.44. The first kappa shape index (κ1) is 15.4. The number of carboxylic acids is 1. The average Bonchev–Trinajstić information content (AvgIpc) is 2.52. The summed E-state index contributed by atoms with van der Waals surface area (Å²) in [6.07, 6.45) is 0.865. The van der Waals surface area contributed by atoms with Crippen molar-refractivity contribution in [3.8, 4) is 0 Å². The number of hydrogen-bond acceptors (Lipinski definition) is 5. The molecular formula is C14H20N4O3. The zero-order chi connectivity index (χ0) is 15.1. The Kier molecular flexibility index (Phi) is 5.65. The molecule has 2 heterocycles. The van der Waals surface area contributed by atoms with Crippen molar-refractivity contribution >= 4 is 11.9 Å². The van der Waals surface area contributed by atoms with E-state index in [1.807, 2.05) is 0 Å². The molecule has 1 amide bonds. The fourth-order valence-electron chi connectivity index (χ4n) is 2.21. The maximum absolute atomic E-state index is 11.9. The van der Waals surface area contributed by atoms with Gasteiger partial charge in [0.25, 0.3) is 5.91 Å². The van der Waals surface area contributed by atoms with Gasteiger partial charge in [0.1, 0.15) is 11.4 Å². The molecule has 3 N–H and O–H groups in total. The third-order valence-corrected chi connectivity index (χ3v) is 3.35. The molecule has 1 aliphatic heterocycles. The van der Waals surface area contributed by atoms with E-state index < -0.39 is 5.97 Å². The molecule has 114 valence electrons. The average molecular weight is 292 g/mol. The van der Waals surface area contributed by atoms with E-state index in [0.717, 1.165) is 39.1 Å². The molecule has 21 heavy (non-hydrogen) atoms. The van der Waals surface area contributed by atoms with Crippen LogP contribution in [0.2, 0.25) is 0 Å². The van der Waals surface area contributed by atoms with Crippen molar-refractivity contribution in [1.82, 2.24) is 20.5 Å². The Hall–Kier alpha value is -1.99. The minimum Gasteiger partial charge on any atom is -0.477 e. The minimum atomic E-state index is -1.14. The summed E-state index contributed by atoms with van der Waals surface area (Å²) in [6.45, 7) is 5.61. The predicted octanol–water partition coefficient (Wildman–Crippen LogP) is -0.195. The highest BCUT2D eigenvalue weighted by Crippen LogP contribution is 2.00. The number of carbonyl (C=O) groups excluding carboxylic acids is 1. The number of carboxylic acid groups (broad SMARTS) is 1. The Balaban J connectivity index is 1.74. The Morgan fingerprint density at radius 3 is 2.71 bits per heavy atom. The molecule has 0 spiro atoms. The minimum absolute atomic E-state index is 0.122. The van der Waals surface area contributed by atoms with E-state index in [1.54, 1.807) is 0 Å². The fraction of sp³-hybridized carbons (Fsp3) is 0.500. The fourth-order valence-corrected chi connectivity index (χ4v) is 2.21. The van der Waals surface area contributed by atoms with E-state index in [-0.39, 0.29) is 17.3 Å². The van der Waals surface area contributed by atoms with Gasteiger partial charge in [0.05, 0.1) is 0 Å². The van der Waals surface area contributed by atoms with Gasteiger partial charge < -0.3 is 20.6 Å². The quantitative estimate of drug-likeness (QED) is 0.629. The predicted molar refractivity (Wildman–Crippen MR) is 77.5 cm³/mol. The summed E-state index contributed by atoms with van der Waals surface area (Å²) in [7, 11) is 0. The number of aromatic carboxylic acids is 1. The molecule has 0 saturated carbocycles. The van der Waals surface area contributed by atoms with E-state index in [9.17, 15) is 9.59 Å². The highest BCUT2D eigenvalue weighted by molar-refractivity contribution is 5.94. The number of aromatic nitrogens is 1. The second-order valence-corrected chi connectivity index (χ2v) is 4.91. The van der Waals surface area contributed by atoms with Crippen molar-refractivity contribution in [3.63, 3.8) is 0 Å². The van der Waals surface area contributed by atoms with Gasteiger partial charge in [-0.15, -0.1) is 0 Å². The summed E-state index contributed by atoms with van der Waals surface area (Å²) < 4.78 is 0. The Morgan fingerprint density at radius 2 is 2.00 bits per heavy atom. The zero-order valence-corrected chi connectivity index (χ0v) is 11.8. The van der Waals surface area contributed by atoms with Crippen LogP contribution in [0.3, 0.4) is 0 Å². The second kappa shape index (κ2) is 7.70. The number of nitrogens with zero attached hydrogens (tertiary/aromatic N) is 2. The maximum atomic E-state index is 11.9. The van der Waals surface area contributed by atoms with E-state index in [4.69, 9.17) is 5.11 Å². The summed E-state index contributed by atoms with van der Waals surface area (Å²) in [6, 6.07) is 4.40. The molecule has 0 aliphatic carbocycles. The van der Waals surface area contributed by atoms with E-state index in [1.165, 1.54) is 18.2 Å².